The zero-order chi connectivity index (χ0) is 26.5. The van der Waals surface area contributed by atoms with Crippen molar-refractivity contribution in [1.29, 1.82) is 0 Å². The van der Waals surface area contributed by atoms with Gasteiger partial charge in [0.15, 0.2) is 5.13 Å². The molecule has 1 atom stereocenters. The Morgan fingerprint density at radius 1 is 1.28 bits per heavy atom. The second-order valence-corrected chi connectivity index (χ2v) is 11.0. The number of nitro groups is 1. The van der Waals surface area contributed by atoms with Gasteiger partial charge in [-0.1, -0.05) is 13.8 Å². The highest BCUT2D eigenvalue weighted by Crippen LogP contribution is 2.27. The van der Waals surface area contributed by atoms with Crippen LogP contribution in [0.3, 0.4) is 0 Å². The number of thiazole rings is 1. The van der Waals surface area contributed by atoms with Crippen LogP contribution in [-0.4, -0.2) is 68.4 Å². The van der Waals surface area contributed by atoms with Gasteiger partial charge >= 0.3 is 6.09 Å². The molecule has 2 heterocycles. The summed E-state index contributed by atoms with van der Waals surface area (Å²) in [5.74, 6) is -0.409. The van der Waals surface area contributed by atoms with Crippen LogP contribution in [0.4, 0.5) is 15.6 Å². The fraction of sp³-hybridized carbons (Fsp3) is 0.476. The first-order valence-electron chi connectivity index (χ1n) is 10.9. The first kappa shape index (κ1) is 27.3. The molecule has 1 aromatic carbocycles. The number of carbonyl (C=O) groups excluding carboxylic acids is 2. The summed E-state index contributed by atoms with van der Waals surface area (Å²) in [7, 11) is -3.52. The minimum absolute atomic E-state index is 0.00805. The van der Waals surface area contributed by atoms with Gasteiger partial charge in [0.05, 0.1) is 11.2 Å². The molecule has 0 unspecified atom stereocenters. The third kappa shape index (κ3) is 7.86. The third-order valence-electron chi connectivity index (χ3n) is 5.26. The number of nitrogens with zero attached hydrogens (tertiary/aromatic N) is 3. The molecule has 3 rings (SSSR count). The smallest absolute Gasteiger partial charge is 0.407 e. The average Bonchev–Trinajstić information content (AvgIpc) is 3.26. The molecule has 0 aliphatic carbocycles. The maximum Gasteiger partial charge on any atom is 0.407 e. The Morgan fingerprint density at radius 2 is 1.94 bits per heavy atom. The zero-order valence-electron chi connectivity index (χ0n) is 19.9. The number of benzene rings is 1. The molecule has 1 fully saturated rings. The predicted molar refractivity (Wildman–Crippen MR) is 131 cm³/mol. The van der Waals surface area contributed by atoms with Gasteiger partial charge in [-0.3, -0.25) is 19.1 Å². The first-order chi connectivity index (χ1) is 16.9. The predicted octanol–water partition coefficient (Wildman–Crippen LogP) is 1.90. The fourth-order valence-electron chi connectivity index (χ4n) is 3.22. The average molecular weight is 542 g/mol. The second-order valence-electron chi connectivity index (χ2n) is 8.55. The lowest BCUT2D eigenvalue weighted by molar-refractivity contribution is -0.384. The number of anilines is 1. The fourth-order valence-corrected chi connectivity index (χ4v) is 4.66. The zero-order valence-corrected chi connectivity index (χ0v) is 21.5. The summed E-state index contributed by atoms with van der Waals surface area (Å²) >= 11 is 1.26. The molecule has 0 saturated carbocycles. The maximum atomic E-state index is 12.7. The number of amides is 2. The molecule has 36 heavy (non-hydrogen) atoms. The molecule has 2 aromatic rings. The summed E-state index contributed by atoms with van der Waals surface area (Å²) in [6, 6.07) is 5.27. The molecular weight excluding hydrogens is 514 g/mol. The van der Waals surface area contributed by atoms with Crippen LogP contribution in [0.25, 0.3) is 0 Å². The Labute approximate surface area is 212 Å². The van der Waals surface area contributed by atoms with E-state index in [1.165, 1.54) is 35.6 Å². The second kappa shape index (κ2) is 11.6. The van der Waals surface area contributed by atoms with Gasteiger partial charge in [0.1, 0.15) is 18.4 Å². The van der Waals surface area contributed by atoms with Gasteiger partial charge in [0.25, 0.3) is 21.7 Å². The standard InChI is InChI=1S/C21H27N5O8S2/c1-13(2)17(8-22-21(28)33-11-14-4-6-15(7-5-14)26(29)30)23-19(27)18-12-35-20(24-18)25-9-16(10-25)34-36(3,31)32/h4-7,12-13,16-17H,8-11H2,1-3H3,(H,22,28)(H,23,27)/t17-/m1/s1. The summed E-state index contributed by atoms with van der Waals surface area (Å²) in [5.41, 5.74) is 0.759. The van der Waals surface area contributed by atoms with Gasteiger partial charge in [-0.2, -0.15) is 8.42 Å². The molecule has 196 valence electrons. The lowest BCUT2D eigenvalue weighted by atomic mass is 10.0. The van der Waals surface area contributed by atoms with E-state index in [0.29, 0.717) is 23.8 Å². The molecule has 15 heteroatoms. The van der Waals surface area contributed by atoms with Crippen molar-refractivity contribution >= 4 is 44.3 Å². The lowest BCUT2D eigenvalue weighted by Crippen LogP contribution is -2.53. The largest absolute Gasteiger partial charge is 0.445 e. The van der Waals surface area contributed by atoms with E-state index >= 15 is 0 Å². The van der Waals surface area contributed by atoms with Crippen molar-refractivity contribution in [3.63, 3.8) is 0 Å². The summed E-state index contributed by atoms with van der Waals surface area (Å²) < 4.78 is 32.5. The Balaban J connectivity index is 1.45. The topological polar surface area (TPSA) is 170 Å². The number of hydrogen-bond donors (Lipinski definition) is 2. The van der Waals surface area contributed by atoms with E-state index in [4.69, 9.17) is 8.92 Å². The minimum Gasteiger partial charge on any atom is -0.445 e. The van der Waals surface area contributed by atoms with Crippen LogP contribution in [-0.2, 0) is 25.6 Å². The number of nitrogens with one attached hydrogen (secondary N) is 2. The highest BCUT2D eigenvalue weighted by Gasteiger charge is 2.33. The maximum absolute atomic E-state index is 12.7. The number of non-ortho nitro benzene ring substituents is 1. The summed E-state index contributed by atoms with van der Waals surface area (Å²) in [6.07, 6.45) is -0.120. The Morgan fingerprint density at radius 3 is 2.53 bits per heavy atom. The van der Waals surface area contributed by atoms with Crippen LogP contribution in [0.2, 0.25) is 0 Å². The molecular formula is C21H27N5O8S2. The Hall–Kier alpha value is -3.30. The van der Waals surface area contributed by atoms with Crippen molar-refractivity contribution < 1.29 is 31.9 Å². The molecule has 1 aliphatic heterocycles. The van der Waals surface area contributed by atoms with Crippen molar-refractivity contribution in [3.05, 3.63) is 51.0 Å². The number of nitro benzene ring substituents is 1. The van der Waals surface area contributed by atoms with E-state index in [-0.39, 0.29) is 30.5 Å². The molecule has 0 spiro atoms. The molecule has 2 amide bonds. The van der Waals surface area contributed by atoms with Crippen LogP contribution < -0.4 is 15.5 Å². The van der Waals surface area contributed by atoms with E-state index < -0.39 is 39.2 Å². The quantitative estimate of drug-likeness (QED) is 0.243. The molecule has 1 saturated heterocycles. The van der Waals surface area contributed by atoms with Gasteiger partial charge in [-0.05, 0) is 23.6 Å². The van der Waals surface area contributed by atoms with Crippen molar-refractivity contribution in [2.45, 2.75) is 32.6 Å². The minimum atomic E-state index is -3.52. The van der Waals surface area contributed by atoms with Crippen LogP contribution in [0.5, 0.6) is 0 Å². The SMILES string of the molecule is CC(C)[C@@H](CNC(=O)OCc1ccc([N+](=O)[O-])cc1)NC(=O)c1csc(N2CC(OS(C)(=O)=O)C2)n1. The van der Waals surface area contributed by atoms with E-state index in [0.717, 1.165) is 6.26 Å². The number of alkyl carbamates (subject to hydrolysis) is 1. The molecule has 0 radical (unpaired) electrons. The van der Waals surface area contributed by atoms with Crippen LogP contribution in [0.1, 0.15) is 29.9 Å². The van der Waals surface area contributed by atoms with Crippen molar-refractivity contribution in [3.8, 4) is 0 Å². The first-order valence-corrected chi connectivity index (χ1v) is 13.6. The molecule has 13 nitrogen and oxygen atoms in total. The van der Waals surface area contributed by atoms with Gasteiger partial charge in [-0.25, -0.2) is 9.78 Å². The van der Waals surface area contributed by atoms with Gasteiger partial charge < -0.3 is 20.3 Å². The van der Waals surface area contributed by atoms with Gasteiger partial charge in [-0.15, -0.1) is 11.3 Å². The number of ether oxygens (including phenoxy) is 1. The van der Waals surface area contributed by atoms with Crippen molar-refractivity contribution in [2.24, 2.45) is 5.92 Å². The van der Waals surface area contributed by atoms with Gasteiger partial charge in [0, 0.05) is 43.2 Å². The van der Waals surface area contributed by atoms with E-state index in [2.05, 4.69) is 15.6 Å². The van der Waals surface area contributed by atoms with E-state index in [9.17, 15) is 28.1 Å². The summed E-state index contributed by atoms with van der Waals surface area (Å²) in [6.45, 7) is 4.57. The van der Waals surface area contributed by atoms with Crippen molar-refractivity contribution in [2.75, 3.05) is 30.8 Å². The van der Waals surface area contributed by atoms with E-state index in [1.807, 2.05) is 18.7 Å². The normalized spacial score (nSPS) is 14.7. The molecule has 0 bridgehead atoms. The Bertz CT molecular complexity index is 1190. The van der Waals surface area contributed by atoms with Crippen LogP contribution in [0.15, 0.2) is 29.6 Å². The van der Waals surface area contributed by atoms with E-state index in [1.54, 1.807) is 5.38 Å². The van der Waals surface area contributed by atoms with Gasteiger partial charge in [0.2, 0.25) is 0 Å². The highest BCUT2D eigenvalue weighted by molar-refractivity contribution is 7.86. The third-order valence-corrected chi connectivity index (χ3v) is 6.78. The molecule has 2 N–H and O–H groups in total. The number of carbonyl (C=O) groups is 2. The van der Waals surface area contributed by atoms with Crippen molar-refractivity contribution in [1.82, 2.24) is 15.6 Å². The highest BCUT2D eigenvalue weighted by atomic mass is 32.2. The number of aromatic nitrogens is 1. The Kier molecular flexibility index (Phi) is 8.81. The molecule has 1 aromatic heterocycles. The monoisotopic (exact) mass is 541 g/mol. The molecule has 1 aliphatic rings. The summed E-state index contributed by atoms with van der Waals surface area (Å²) in [4.78, 5) is 41.1. The number of hydrogen-bond acceptors (Lipinski definition) is 11. The van der Waals surface area contributed by atoms with Crippen LogP contribution >= 0.6 is 11.3 Å². The summed E-state index contributed by atoms with van der Waals surface area (Å²) in [5, 5.41) is 18.4. The van der Waals surface area contributed by atoms with Crippen LogP contribution in [0, 0.1) is 16.0 Å². The lowest BCUT2D eigenvalue weighted by Gasteiger charge is -2.37. The number of rotatable bonds is 11.